The molecule has 1 atom stereocenters. The average Bonchev–Trinajstić information content (AvgIpc) is 2.38. The fourth-order valence-electron chi connectivity index (χ4n) is 2.69. The molecule has 0 amide bonds. The number of hydrazone groups is 1. The molecule has 0 aromatic heterocycles. The van der Waals surface area contributed by atoms with Crippen LogP contribution in [-0.2, 0) is 4.79 Å². The van der Waals surface area contributed by atoms with Crippen molar-refractivity contribution >= 4 is 34.7 Å². The first-order valence-electron chi connectivity index (χ1n) is 6.58. The Morgan fingerprint density at radius 2 is 2.10 bits per heavy atom. The number of rotatable bonds is 1. The van der Waals surface area contributed by atoms with E-state index in [-0.39, 0.29) is 5.78 Å². The van der Waals surface area contributed by atoms with E-state index in [1.165, 1.54) is 0 Å². The van der Waals surface area contributed by atoms with Gasteiger partial charge in [0.1, 0.15) is 0 Å². The summed E-state index contributed by atoms with van der Waals surface area (Å²) in [6, 6.07) is 5.31. The van der Waals surface area contributed by atoms with Crippen LogP contribution in [0.5, 0.6) is 0 Å². The van der Waals surface area contributed by atoms with Crippen molar-refractivity contribution < 1.29 is 4.79 Å². The molecule has 1 aliphatic heterocycles. The zero-order valence-corrected chi connectivity index (χ0v) is 12.6. The highest BCUT2D eigenvalue weighted by Crippen LogP contribution is 2.32. The summed E-state index contributed by atoms with van der Waals surface area (Å²) >= 11 is 12.1. The highest BCUT2D eigenvalue weighted by atomic mass is 35.5. The van der Waals surface area contributed by atoms with Gasteiger partial charge in [0.05, 0.1) is 10.7 Å². The van der Waals surface area contributed by atoms with E-state index in [2.05, 4.69) is 17.5 Å². The number of halogens is 2. The molecule has 0 saturated heterocycles. The van der Waals surface area contributed by atoms with Crippen LogP contribution in [0, 0.1) is 5.92 Å². The number of ketones is 1. The molecule has 2 aliphatic rings. The van der Waals surface area contributed by atoms with Crippen molar-refractivity contribution in [1.82, 2.24) is 5.43 Å². The Morgan fingerprint density at radius 1 is 1.30 bits per heavy atom. The first-order valence-corrected chi connectivity index (χ1v) is 7.33. The molecule has 0 unspecified atom stereocenters. The second-order valence-electron chi connectivity index (χ2n) is 5.36. The Balaban J connectivity index is 1.91. The molecular formula is C15H14Cl2N2O. The minimum absolute atomic E-state index is 0.212. The van der Waals surface area contributed by atoms with Crippen molar-refractivity contribution in [2.24, 2.45) is 11.0 Å². The Labute approximate surface area is 127 Å². The summed E-state index contributed by atoms with van der Waals surface area (Å²) < 4.78 is 0. The topological polar surface area (TPSA) is 41.5 Å². The minimum atomic E-state index is 0.212. The first kappa shape index (κ1) is 13.7. The predicted molar refractivity (Wildman–Crippen MR) is 81.2 cm³/mol. The van der Waals surface area contributed by atoms with Crippen LogP contribution < -0.4 is 5.43 Å². The number of nitrogens with zero attached hydrogens (tertiary/aromatic N) is 1. The molecule has 1 aromatic carbocycles. The fraction of sp³-hybridized carbons (Fsp3) is 0.333. The molecule has 20 heavy (non-hydrogen) atoms. The molecule has 1 aliphatic carbocycles. The van der Waals surface area contributed by atoms with Crippen molar-refractivity contribution in [3.05, 3.63) is 45.1 Å². The number of carbonyl (C=O) groups excluding carboxylic acids is 1. The third kappa shape index (κ3) is 2.48. The van der Waals surface area contributed by atoms with Crippen LogP contribution in [0.1, 0.15) is 31.7 Å². The summed E-state index contributed by atoms with van der Waals surface area (Å²) in [6.07, 6.45) is 2.03. The predicted octanol–water partition coefficient (Wildman–Crippen LogP) is 3.94. The van der Waals surface area contributed by atoms with E-state index in [1.54, 1.807) is 12.1 Å². The summed E-state index contributed by atoms with van der Waals surface area (Å²) in [4.78, 5) is 12.1. The second kappa shape index (κ2) is 5.23. The van der Waals surface area contributed by atoms with Crippen LogP contribution in [0.4, 0.5) is 0 Å². The maximum Gasteiger partial charge on any atom is 0.161 e. The number of hydrogen-bond donors (Lipinski definition) is 1. The molecular weight excluding hydrogens is 295 g/mol. The standard InChI is InChI=1S/C15H14Cl2N2O/c1-8-4-13-11(15(20)5-8)7-14(19-18-13)10-3-2-9(16)6-12(10)17/h2-3,6,8,18H,4-5,7H2,1H3/t8-/m1/s1. The van der Waals surface area contributed by atoms with Gasteiger partial charge >= 0.3 is 0 Å². The van der Waals surface area contributed by atoms with E-state index < -0.39 is 0 Å². The zero-order valence-electron chi connectivity index (χ0n) is 11.0. The molecule has 3 nitrogen and oxygen atoms in total. The molecule has 0 bridgehead atoms. The Morgan fingerprint density at radius 3 is 2.85 bits per heavy atom. The van der Waals surface area contributed by atoms with E-state index in [4.69, 9.17) is 23.2 Å². The molecule has 1 N–H and O–H groups in total. The fourth-order valence-corrected chi connectivity index (χ4v) is 3.21. The van der Waals surface area contributed by atoms with Gasteiger partial charge in [-0.05, 0) is 24.5 Å². The zero-order chi connectivity index (χ0) is 14.3. The second-order valence-corrected chi connectivity index (χ2v) is 6.21. The van der Waals surface area contributed by atoms with Crippen molar-refractivity contribution in [3.8, 4) is 0 Å². The van der Waals surface area contributed by atoms with Gasteiger partial charge in [0.15, 0.2) is 5.78 Å². The van der Waals surface area contributed by atoms with Gasteiger partial charge in [0.25, 0.3) is 0 Å². The molecule has 5 heteroatoms. The third-order valence-electron chi connectivity index (χ3n) is 3.70. The molecule has 104 valence electrons. The molecule has 1 heterocycles. The third-order valence-corrected chi connectivity index (χ3v) is 4.25. The van der Waals surface area contributed by atoms with E-state index >= 15 is 0 Å². The lowest BCUT2D eigenvalue weighted by molar-refractivity contribution is -0.117. The quantitative estimate of drug-likeness (QED) is 0.853. The normalized spacial score (nSPS) is 22.2. The van der Waals surface area contributed by atoms with Gasteiger partial charge in [-0.2, -0.15) is 5.10 Å². The van der Waals surface area contributed by atoms with Crippen molar-refractivity contribution in [1.29, 1.82) is 0 Å². The van der Waals surface area contributed by atoms with Gasteiger partial charge in [0, 0.05) is 34.7 Å². The van der Waals surface area contributed by atoms with Crippen LogP contribution >= 0.6 is 23.2 Å². The van der Waals surface area contributed by atoms with Gasteiger partial charge < -0.3 is 0 Å². The maximum absolute atomic E-state index is 12.1. The number of nitrogens with one attached hydrogen (secondary N) is 1. The van der Waals surface area contributed by atoms with Crippen LogP contribution in [-0.4, -0.2) is 11.5 Å². The Kier molecular flexibility index (Phi) is 3.57. The van der Waals surface area contributed by atoms with Crippen LogP contribution in [0.3, 0.4) is 0 Å². The molecule has 1 aromatic rings. The molecule has 0 spiro atoms. The molecule has 0 saturated carbocycles. The number of carbonyl (C=O) groups is 1. The lowest BCUT2D eigenvalue weighted by Gasteiger charge is -2.27. The number of Topliss-reactive ketones (excluding diaryl/α,β-unsaturated/α-hetero) is 1. The van der Waals surface area contributed by atoms with E-state index in [0.29, 0.717) is 28.8 Å². The maximum atomic E-state index is 12.1. The number of benzene rings is 1. The highest BCUT2D eigenvalue weighted by Gasteiger charge is 2.29. The van der Waals surface area contributed by atoms with E-state index in [9.17, 15) is 4.79 Å². The van der Waals surface area contributed by atoms with Crippen molar-refractivity contribution in [3.63, 3.8) is 0 Å². The largest absolute Gasteiger partial charge is 0.294 e. The molecule has 0 radical (unpaired) electrons. The summed E-state index contributed by atoms with van der Waals surface area (Å²) in [6.45, 7) is 2.08. The van der Waals surface area contributed by atoms with Crippen LogP contribution in [0.15, 0.2) is 34.6 Å². The lowest BCUT2D eigenvalue weighted by atomic mass is 9.84. The molecule has 0 fully saturated rings. The van der Waals surface area contributed by atoms with Gasteiger partial charge in [-0.3, -0.25) is 10.2 Å². The first-order chi connectivity index (χ1) is 9.54. The summed E-state index contributed by atoms with van der Waals surface area (Å²) in [5, 5.41) is 5.52. The summed E-state index contributed by atoms with van der Waals surface area (Å²) in [7, 11) is 0. The van der Waals surface area contributed by atoms with Crippen molar-refractivity contribution in [2.45, 2.75) is 26.2 Å². The van der Waals surface area contributed by atoms with Gasteiger partial charge in [-0.15, -0.1) is 0 Å². The van der Waals surface area contributed by atoms with E-state index in [1.807, 2.05) is 6.07 Å². The van der Waals surface area contributed by atoms with Gasteiger partial charge in [-0.25, -0.2) is 0 Å². The average molecular weight is 309 g/mol. The van der Waals surface area contributed by atoms with Crippen LogP contribution in [0.2, 0.25) is 10.0 Å². The highest BCUT2D eigenvalue weighted by molar-refractivity contribution is 6.37. The van der Waals surface area contributed by atoms with Gasteiger partial charge in [-0.1, -0.05) is 36.2 Å². The summed E-state index contributed by atoms with van der Waals surface area (Å²) in [5.74, 6) is 0.591. The number of hydrogen-bond acceptors (Lipinski definition) is 3. The van der Waals surface area contributed by atoms with Crippen LogP contribution in [0.25, 0.3) is 0 Å². The van der Waals surface area contributed by atoms with E-state index in [0.717, 1.165) is 29.0 Å². The SMILES string of the molecule is C[C@H]1CC(=O)C2=C(C1)NN=C(c1ccc(Cl)cc1Cl)C2. The lowest BCUT2D eigenvalue weighted by Crippen LogP contribution is -2.29. The van der Waals surface area contributed by atoms with Crippen molar-refractivity contribution in [2.75, 3.05) is 0 Å². The smallest absolute Gasteiger partial charge is 0.161 e. The number of allylic oxidation sites excluding steroid dienone is 2. The Bertz CT molecular complexity index is 649. The monoisotopic (exact) mass is 308 g/mol. The molecule has 3 rings (SSSR count). The minimum Gasteiger partial charge on any atom is -0.294 e. The van der Waals surface area contributed by atoms with Gasteiger partial charge in [0.2, 0.25) is 0 Å². The summed E-state index contributed by atoms with van der Waals surface area (Å²) in [5.41, 5.74) is 6.44. The Hall–Kier alpha value is -1.32.